The summed E-state index contributed by atoms with van der Waals surface area (Å²) in [6.45, 7) is 1.10. The number of halogens is 4. The SMILES string of the molecule is CCCOc1ccc(CCl)c(OCC(F)(F)F)c1. The Labute approximate surface area is 109 Å². The van der Waals surface area contributed by atoms with Gasteiger partial charge in [-0.2, -0.15) is 13.2 Å². The first-order chi connectivity index (χ1) is 8.46. The number of hydrogen-bond acceptors (Lipinski definition) is 2. The lowest BCUT2D eigenvalue weighted by atomic mass is 10.2. The second-order valence-electron chi connectivity index (χ2n) is 3.66. The minimum atomic E-state index is -4.37. The van der Waals surface area contributed by atoms with E-state index in [-0.39, 0.29) is 11.6 Å². The van der Waals surface area contributed by atoms with Crippen LogP contribution in [0.4, 0.5) is 13.2 Å². The van der Waals surface area contributed by atoms with E-state index < -0.39 is 12.8 Å². The molecule has 0 fully saturated rings. The lowest BCUT2D eigenvalue weighted by Crippen LogP contribution is -2.19. The number of benzene rings is 1. The monoisotopic (exact) mass is 282 g/mol. The molecule has 102 valence electrons. The molecule has 1 aromatic carbocycles. The quantitative estimate of drug-likeness (QED) is 0.730. The van der Waals surface area contributed by atoms with Gasteiger partial charge in [0.15, 0.2) is 6.61 Å². The van der Waals surface area contributed by atoms with Crippen molar-refractivity contribution in [3.8, 4) is 11.5 Å². The predicted octanol–water partition coefficient (Wildman–Crippen LogP) is 4.16. The third-order valence-corrected chi connectivity index (χ3v) is 2.33. The summed E-state index contributed by atoms with van der Waals surface area (Å²) in [7, 11) is 0. The lowest BCUT2D eigenvalue weighted by molar-refractivity contribution is -0.153. The fourth-order valence-electron chi connectivity index (χ4n) is 1.25. The van der Waals surface area contributed by atoms with Gasteiger partial charge in [0.2, 0.25) is 0 Å². The van der Waals surface area contributed by atoms with Crippen molar-refractivity contribution in [2.45, 2.75) is 25.4 Å². The standard InChI is InChI=1S/C12H14ClF3O2/c1-2-5-17-10-4-3-9(7-13)11(6-10)18-8-12(14,15)16/h3-4,6H,2,5,7-8H2,1H3. The third kappa shape index (κ3) is 5.04. The van der Waals surface area contributed by atoms with Crippen molar-refractivity contribution in [1.82, 2.24) is 0 Å². The zero-order valence-electron chi connectivity index (χ0n) is 9.89. The molecule has 1 rings (SSSR count). The number of rotatable bonds is 6. The van der Waals surface area contributed by atoms with E-state index in [2.05, 4.69) is 0 Å². The minimum Gasteiger partial charge on any atom is -0.493 e. The first-order valence-corrected chi connectivity index (χ1v) is 6.01. The van der Waals surface area contributed by atoms with Crippen LogP contribution in [0.15, 0.2) is 18.2 Å². The molecule has 0 aliphatic carbocycles. The maximum atomic E-state index is 12.1. The molecule has 0 radical (unpaired) electrons. The summed E-state index contributed by atoms with van der Waals surface area (Å²) in [6.07, 6.45) is -3.56. The Morgan fingerprint density at radius 3 is 2.50 bits per heavy atom. The minimum absolute atomic E-state index is 0.0846. The van der Waals surface area contributed by atoms with Crippen molar-refractivity contribution in [3.63, 3.8) is 0 Å². The summed E-state index contributed by atoms with van der Waals surface area (Å²) in [5.74, 6) is 0.667. The molecule has 0 heterocycles. The second-order valence-corrected chi connectivity index (χ2v) is 3.92. The number of alkyl halides is 4. The highest BCUT2D eigenvalue weighted by atomic mass is 35.5. The van der Waals surface area contributed by atoms with Gasteiger partial charge in [-0.25, -0.2) is 0 Å². The van der Waals surface area contributed by atoms with Gasteiger partial charge in [-0.3, -0.25) is 0 Å². The molecule has 0 spiro atoms. The highest BCUT2D eigenvalue weighted by Gasteiger charge is 2.28. The average Bonchev–Trinajstić information content (AvgIpc) is 2.33. The van der Waals surface area contributed by atoms with Gasteiger partial charge < -0.3 is 9.47 Å². The summed E-state index contributed by atoms with van der Waals surface area (Å²) in [6, 6.07) is 4.69. The van der Waals surface area contributed by atoms with Crippen LogP contribution >= 0.6 is 11.6 Å². The topological polar surface area (TPSA) is 18.5 Å². The Bertz CT molecular complexity index is 380. The van der Waals surface area contributed by atoms with Crippen LogP contribution in [0.5, 0.6) is 11.5 Å². The molecular formula is C12H14ClF3O2. The zero-order valence-corrected chi connectivity index (χ0v) is 10.6. The van der Waals surface area contributed by atoms with Gasteiger partial charge in [-0.1, -0.05) is 13.0 Å². The zero-order chi connectivity index (χ0) is 13.6. The van der Waals surface area contributed by atoms with Crippen LogP contribution in [0.2, 0.25) is 0 Å². The maximum Gasteiger partial charge on any atom is 0.422 e. The fraction of sp³-hybridized carbons (Fsp3) is 0.500. The van der Waals surface area contributed by atoms with Crippen LogP contribution in [0.1, 0.15) is 18.9 Å². The molecule has 0 N–H and O–H groups in total. The highest BCUT2D eigenvalue weighted by molar-refractivity contribution is 6.17. The molecular weight excluding hydrogens is 269 g/mol. The van der Waals surface area contributed by atoms with E-state index in [0.717, 1.165) is 6.42 Å². The normalized spacial score (nSPS) is 11.4. The maximum absolute atomic E-state index is 12.1. The van der Waals surface area contributed by atoms with Gasteiger partial charge in [0.05, 0.1) is 12.5 Å². The summed E-state index contributed by atoms with van der Waals surface area (Å²) in [4.78, 5) is 0. The van der Waals surface area contributed by atoms with E-state index >= 15 is 0 Å². The smallest absolute Gasteiger partial charge is 0.422 e. The first kappa shape index (κ1) is 15.0. The van der Waals surface area contributed by atoms with Crippen LogP contribution in [-0.2, 0) is 5.88 Å². The van der Waals surface area contributed by atoms with Crippen LogP contribution in [0.25, 0.3) is 0 Å². The molecule has 0 saturated heterocycles. The van der Waals surface area contributed by atoms with Gasteiger partial charge in [0.25, 0.3) is 0 Å². The summed E-state index contributed by atoms with van der Waals surface area (Å²) in [5, 5.41) is 0. The Balaban J connectivity index is 2.78. The van der Waals surface area contributed by atoms with Crippen LogP contribution in [0, 0.1) is 0 Å². The molecule has 0 unspecified atom stereocenters. The van der Waals surface area contributed by atoms with E-state index in [1.165, 1.54) is 6.07 Å². The second kappa shape index (κ2) is 6.73. The summed E-state index contributed by atoms with van der Waals surface area (Å²) >= 11 is 5.64. The van der Waals surface area contributed by atoms with Crippen molar-refractivity contribution < 1.29 is 22.6 Å². The van der Waals surface area contributed by atoms with E-state index in [4.69, 9.17) is 21.1 Å². The van der Waals surface area contributed by atoms with E-state index in [1.807, 2.05) is 6.92 Å². The van der Waals surface area contributed by atoms with Crippen molar-refractivity contribution in [3.05, 3.63) is 23.8 Å². The molecule has 0 aliphatic rings. The lowest BCUT2D eigenvalue weighted by Gasteiger charge is -2.13. The molecule has 0 aliphatic heterocycles. The number of hydrogen-bond donors (Lipinski definition) is 0. The van der Waals surface area contributed by atoms with Gasteiger partial charge in [0.1, 0.15) is 11.5 Å². The van der Waals surface area contributed by atoms with Crippen molar-refractivity contribution in [1.29, 1.82) is 0 Å². The van der Waals surface area contributed by atoms with Crippen LogP contribution < -0.4 is 9.47 Å². The third-order valence-electron chi connectivity index (χ3n) is 2.05. The molecule has 0 amide bonds. The van der Waals surface area contributed by atoms with Crippen molar-refractivity contribution >= 4 is 11.6 Å². The first-order valence-electron chi connectivity index (χ1n) is 5.47. The Morgan fingerprint density at radius 2 is 1.94 bits per heavy atom. The van der Waals surface area contributed by atoms with E-state index in [0.29, 0.717) is 17.9 Å². The Hall–Kier alpha value is -1.10. The molecule has 6 heteroatoms. The van der Waals surface area contributed by atoms with Gasteiger partial charge in [0, 0.05) is 11.6 Å². The summed E-state index contributed by atoms with van der Waals surface area (Å²) < 4.78 is 46.3. The molecule has 1 aromatic rings. The highest BCUT2D eigenvalue weighted by Crippen LogP contribution is 2.28. The fourth-order valence-corrected chi connectivity index (χ4v) is 1.47. The van der Waals surface area contributed by atoms with Crippen molar-refractivity contribution in [2.75, 3.05) is 13.2 Å². The largest absolute Gasteiger partial charge is 0.493 e. The van der Waals surface area contributed by atoms with E-state index in [1.54, 1.807) is 12.1 Å². The molecule has 0 aromatic heterocycles. The number of ether oxygens (including phenoxy) is 2. The molecule has 0 atom stereocenters. The van der Waals surface area contributed by atoms with Crippen molar-refractivity contribution in [2.24, 2.45) is 0 Å². The van der Waals surface area contributed by atoms with Crippen LogP contribution in [0.3, 0.4) is 0 Å². The molecule has 2 nitrogen and oxygen atoms in total. The van der Waals surface area contributed by atoms with Gasteiger partial charge >= 0.3 is 6.18 Å². The van der Waals surface area contributed by atoms with Crippen LogP contribution in [-0.4, -0.2) is 19.4 Å². The van der Waals surface area contributed by atoms with Gasteiger partial charge in [-0.15, -0.1) is 11.6 Å². The average molecular weight is 283 g/mol. The molecule has 0 saturated carbocycles. The molecule has 0 bridgehead atoms. The summed E-state index contributed by atoms with van der Waals surface area (Å²) in [5.41, 5.74) is 0.504. The molecule has 18 heavy (non-hydrogen) atoms. The van der Waals surface area contributed by atoms with E-state index in [9.17, 15) is 13.2 Å². The Kier molecular flexibility index (Phi) is 5.59. The Morgan fingerprint density at radius 1 is 1.22 bits per heavy atom. The predicted molar refractivity (Wildman–Crippen MR) is 63.3 cm³/mol. The van der Waals surface area contributed by atoms with Gasteiger partial charge in [-0.05, 0) is 12.5 Å².